The Bertz CT molecular complexity index is 428. The van der Waals surface area contributed by atoms with Crippen LogP contribution in [0.2, 0.25) is 0 Å². The Morgan fingerprint density at radius 3 is 2.80 bits per heavy atom. The van der Waals surface area contributed by atoms with Crippen molar-refractivity contribution in [2.75, 3.05) is 18.4 Å². The lowest BCUT2D eigenvalue weighted by atomic mass is 10.1. The number of thioether (sulfide) groups is 1. The minimum atomic E-state index is -0.104. The van der Waals surface area contributed by atoms with E-state index in [0.29, 0.717) is 5.57 Å². The Balaban J connectivity index is 2.56. The van der Waals surface area contributed by atoms with Crippen LogP contribution in [-0.2, 0) is 9.63 Å². The van der Waals surface area contributed by atoms with Gasteiger partial charge in [0.2, 0.25) is 0 Å². The Hall–Kier alpha value is -1.26. The number of benzene rings is 1. The molecule has 0 radical (unpaired) electrons. The fraction of sp³-hybridized carbons (Fsp3) is 0.182. The van der Waals surface area contributed by atoms with Gasteiger partial charge < -0.3 is 0 Å². The Morgan fingerprint density at radius 1 is 1.40 bits per heavy atom. The number of nitrogens with zero attached hydrogens (tertiary/aromatic N) is 1. The Labute approximate surface area is 92.7 Å². The summed E-state index contributed by atoms with van der Waals surface area (Å²) in [6, 6.07) is 7.60. The third-order valence-electron chi connectivity index (χ3n) is 2.25. The van der Waals surface area contributed by atoms with Crippen molar-refractivity contribution in [2.24, 2.45) is 0 Å². The lowest BCUT2D eigenvalue weighted by Crippen LogP contribution is -2.24. The quantitative estimate of drug-likeness (QED) is 0.718. The lowest BCUT2D eigenvalue weighted by molar-refractivity contribution is -0.118. The van der Waals surface area contributed by atoms with E-state index in [9.17, 15) is 4.79 Å². The number of anilines is 1. The summed E-state index contributed by atoms with van der Waals surface area (Å²) < 4.78 is 0. The topological polar surface area (TPSA) is 29.5 Å². The highest BCUT2D eigenvalue weighted by Crippen LogP contribution is 2.37. The highest BCUT2D eigenvalue weighted by atomic mass is 32.2. The average molecular weight is 221 g/mol. The van der Waals surface area contributed by atoms with E-state index in [4.69, 9.17) is 4.84 Å². The molecule has 15 heavy (non-hydrogen) atoms. The van der Waals surface area contributed by atoms with Crippen LogP contribution >= 0.6 is 11.8 Å². The molecule has 0 bridgehead atoms. The van der Waals surface area contributed by atoms with Crippen molar-refractivity contribution in [1.29, 1.82) is 0 Å². The number of hydroxylamine groups is 1. The van der Waals surface area contributed by atoms with Crippen molar-refractivity contribution in [1.82, 2.24) is 0 Å². The van der Waals surface area contributed by atoms with Crippen molar-refractivity contribution in [3.05, 3.63) is 35.2 Å². The molecule has 78 valence electrons. The molecule has 1 heterocycles. The van der Waals surface area contributed by atoms with E-state index in [1.165, 1.54) is 23.9 Å². The molecule has 1 aromatic carbocycles. The van der Waals surface area contributed by atoms with Gasteiger partial charge in [-0.25, -0.2) is 0 Å². The molecule has 1 aliphatic rings. The molecule has 1 aromatic rings. The second kappa shape index (κ2) is 4.08. The van der Waals surface area contributed by atoms with Gasteiger partial charge in [-0.05, 0) is 17.7 Å². The van der Waals surface area contributed by atoms with E-state index >= 15 is 0 Å². The lowest BCUT2D eigenvalue weighted by Gasteiger charge is -2.12. The van der Waals surface area contributed by atoms with Crippen LogP contribution in [0.5, 0.6) is 0 Å². The number of hydrogen-bond acceptors (Lipinski definition) is 3. The minimum Gasteiger partial charge on any atom is -0.269 e. The van der Waals surface area contributed by atoms with Gasteiger partial charge in [-0.15, -0.1) is 11.8 Å². The van der Waals surface area contributed by atoms with Gasteiger partial charge in [0.25, 0.3) is 5.91 Å². The molecule has 0 unspecified atom stereocenters. The fourth-order valence-electron chi connectivity index (χ4n) is 1.63. The monoisotopic (exact) mass is 221 g/mol. The summed E-state index contributed by atoms with van der Waals surface area (Å²) in [5.74, 6) is -0.104. The van der Waals surface area contributed by atoms with Gasteiger partial charge in [-0.1, -0.05) is 18.2 Å². The van der Waals surface area contributed by atoms with Gasteiger partial charge in [0, 0.05) is 5.56 Å². The standard InChI is InChI=1S/C11H11NO2S/c1-14-12-10-6-4-3-5-8(10)9(7-15-2)11(12)13/h3-7H,1-2H3/b9-7-. The van der Waals surface area contributed by atoms with Crippen molar-refractivity contribution in [3.8, 4) is 0 Å². The third kappa shape index (κ3) is 1.56. The molecular formula is C11H11NO2S. The predicted molar refractivity (Wildman–Crippen MR) is 62.4 cm³/mol. The van der Waals surface area contributed by atoms with Crippen LogP contribution in [0.25, 0.3) is 5.57 Å². The summed E-state index contributed by atoms with van der Waals surface area (Å²) >= 11 is 1.51. The zero-order valence-corrected chi connectivity index (χ0v) is 9.38. The molecule has 0 fully saturated rings. The van der Waals surface area contributed by atoms with Crippen LogP contribution < -0.4 is 5.06 Å². The number of hydrogen-bond donors (Lipinski definition) is 0. The number of rotatable bonds is 2. The summed E-state index contributed by atoms with van der Waals surface area (Å²) in [6.07, 6.45) is 1.93. The maximum atomic E-state index is 11.9. The first-order valence-corrected chi connectivity index (χ1v) is 5.79. The largest absolute Gasteiger partial charge is 0.283 e. The van der Waals surface area contributed by atoms with E-state index in [2.05, 4.69) is 0 Å². The molecule has 2 rings (SSSR count). The first-order valence-electron chi connectivity index (χ1n) is 4.50. The van der Waals surface area contributed by atoms with Crippen molar-refractivity contribution < 1.29 is 9.63 Å². The van der Waals surface area contributed by atoms with Crippen molar-refractivity contribution in [3.63, 3.8) is 0 Å². The summed E-state index contributed by atoms with van der Waals surface area (Å²) in [5, 5.41) is 3.16. The van der Waals surface area contributed by atoms with Gasteiger partial charge >= 0.3 is 0 Å². The summed E-state index contributed by atoms with van der Waals surface area (Å²) in [4.78, 5) is 17.0. The van der Waals surface area contributed by atoms with Gasteiger partial charge in [0.15, 0.2) is 0 Å². The molecule has 4 heteroatoms. The Morgan fingerprint density at radius 2 is 2.13 bits per heavy atom. The van der Waals surface area contributed by atoms with E-state index < -0.39 is 0 Å². The van der Waals surface area contributed by atoms with Crippen LogP contribution in [0, 0.1) is 0 Å². The zero-order valence-electron chi connectivity index (χ0n) is 8.56. The second-order valence-electron chi connectivity index (χ2n) is 3.07. The van der Waals surface area contributed by atoms with Crippen LogP contribution in [-0.4, -0.2) is 19.3 Å². The number of para-hydroxylation sites is 1. The summed E-state index contributed by atoms with van der Waals surface area (Å²) in [5.41, 5.74) is 2.43. The van der Waals surface area contributed by atoms with Gasteiger partial charge in [0.05, 0.1) is 18.4 Å². The number of carbonyl (C=O) groups is 1. The van der Waals surface area contributed by atoms with Crippen LogP contribution in [0.3, 0.4) is 0 Å². The van der Waals surface area contributed by atoms with Crippen LogP contribution in [0.15, 0.2) is 29.7 Å². The van der Waals surface area contributed by atoms with Crippen LogP contribution in [0.1, 0.15) is 5.56 Å². The minimum absolute atomic E-state index is 0.104. The predicted octanol–water partition coefficient (Wildman–Crippen LogP) is 2.30. The Kier molecular flexibility index (Phi) is 2.79. The second-order valence-corrected chi connectivity index (χ2v) is 3.77. The average Bonchev–Trinajstić information content (AvgIpc) is 2.53. The first-order chi connectivity index (χ1) is 7.29. The highest BCUT2D eigenvalue weighted by Gasteiger charge is 2.32. The third-order valence-corrected chi connectivity index (χ3v) is 2.72. The molecule has 0 spiro atoms. The molecule has 0 N–H and O–H groups in total. The molecule has 0 atom stereocenters. The maximum Gasteiger partial charge on any atom is 0.283 e. The van der Waals surface area contributed by atoms with Gasteiger partial charge in [-0.2, -0.15) is 5.06 Å². The van der Waals surface area contributed by atoms with Crippen molar-refractivity contribution in [2.45, 2.75) is 0 Å². The first kappa shape index (κ1) is 10.3. The summed E-state index contributed by atoms with van der Waals surface area (Å²) in [7, 11) is 1.50. The number of carbonyl (C=O) groups excluding carboxylic acids is 1. The molecule has 0 saturated heterocycles. The van der Waals surface area contributed by atoms with Gasteiger partial charge in [0.1, 0.15) is 0 Å². The maximum absolute atomic E-state index is 11.9. The number of amides is 1. The highest BCUT2D eigenvalue weighted by molar-refractivity contribution is 8.01. The molecule has 1 aliphatic heterocycles. The molecule has 0 aromatic heterocycles. The molecule has 1 amide bonds. The van der Waals surface area contributed by atoms with Crippen molar-refractivity contribution >= 4 is 28.9 Å². The summed E-state index contributed by atoms with van der Waals surface area (Å²) in [6.45, 7) is 0. The number of fused-ring (bicyclic) bond motifs is 1. The van der Waals surface area contributed by atoms with E-state index in [0.717, 1.165) is 11.3 Å². The molecule has 0 saturated carbocycles. The molecule has 0 aliphatic carbocycles. The smallest absolute Gasteiger partial charge is 0.269 e. The van der Waals surface area contributed by atoms with Gasteiger partial charge in [-0.3, -0.25) is 9.63 Å². The van der Waals surface area contributed by atoms with E-state index in [-0.39, 0.29) is 5.91 Å². The zero-order chi connectivity index (χ0) is 10.8. The SMILES string of the molecule is CON1C(=O)/C(=C\SC)c2ccccc21. The molecule has 3 nitrogen and oxygen atoms in total. The fourth-order valence-corrected chi connectivity index (χ4v) is 2.09. The normalized spacial score (nSPS) is 17.3. The molecular weight excluding hydrogens is 210 g/mol. The van der Waals surface area contributed by atoms with E-state index in [1.807, 2.05) is 35.9 Å². The van der Waals surface area contributed by atoms with E-state index in [1.54, 1.807) is 0 Å². The van der Waals surface area contributed by atoms with Crippen LogP contribution in [0.4, 0.5) is 5.69 Å².